The molecule has 2 aromatic rings. The summed E-state index contributed by atoms with van der Waals surface area (Å²) in [6.07, 6.45) is 4.57. The zero-order valence-electron chi connectivity index (χ0n) is 11.2. The number of aryl methyl sites for hydroxylation is 2. The van der Waals surface area contributed by atoms with Gasteiger partial charge in [0.1, 0.15) is 0 Å². The Labute approximate surface area is 122 Å². The maximum Gasteiger partial charge on any atom is 0.0815 e. The molecular formula is C14H18ClN3S. The maximum atomic E-state index is 6.04. The van der Waals surface area contributed by atoms with Gasteiger partial charge in [0.25, 0.3) is 0 Å². The maximum absolute atomic E-state index is 6.04. The molecule has 0 saturated heterocycles. The first kappa shape index (κ1) is 13.2. The summed E-state index contributed by atoms with van der Waals surface area (Å²) in [5.74, 6) is 0. The van der Waals surface area contributed by atoms with Crippen molar-refractivity contribution in [3.05, 3.63) is 38.3 Å². The van der Waals surface area contributed by atoms with E-state index in [-0.39, 0.29) is 0 Å². The van der Waals surface area contributed by atoms with Gasteiger partial charge in [-0.05, 0) is 38.3 Å². The van der Waals surface area contributed by atoms with Gasteiger partial charge in [-0.2, -0.15) is 5.10 Å². The van der Waals surface area contributed by atoms with E-state index in [1.54, 1.807) is 0 Å². The topological polar surface area (TPSA) is 29.9 Å². The summed E-state index contributed by atoms with van der Waals surface area (Å²) < 4.78 is 1.92. The zero-order valence-corrected chi connectivity index (χ0v) is 12.8. The normalized spacial score (nSPS) is 15.1. The Balaban J connectivity index is 1.69. The molecule has 1 saturated carbocycles. The lowest BCUT2D eigenvalue weighted by Crippen LogP contribution is -2.14. The molecule has 0 spiro atoms. The van der Waals surface area contributed by atoms with E-state index in [1.807, 2.05) is 29.1 Å². The van der Waals surface area contributed by atoms with Crippen LogP contribution in [0.1, 0.15) is 33.9 Å². The van der Waals surface area contributed by atoms with Gasteiger partial charge in [0.15, 0.2) is 0 Å². The molecule has 0 amide bonds. The molecule has 2 aromatic heterocycles. The molecular weight excluding hydrogens is 278 g/mol. The van der Waals surface area contributed by atoms with Crippen LogP contribution in [0.2, 0.25) is 5.02 Å². The van der Waals surface area contributed by atoms with Gasteiger partial charge < -0.3 is 5.32 Å². The Kier molecular flexibility index (Phi) is 3.65. The van der Waals surface area contributed by atoms with Crippen molar-refractivity contribution in [2.75, 3.05) is 0 Å². The Morgan fingerprint density at radius 1 is 1.47 bits per heavy atom. The van der Waals surface area contributed by atoms with Crippen LogP contribution < -0.4 is 5.32 Å². The molecule has 1 aliphatic rings. The molecule has 0 bridgehead atoms. The average Bonchev–Trinajstić information content (AvgIpc) is 3.05. The summed E-state index contributed by atoms with van der Waals surface area (Å²) in [6.45, 7) is 5.91. The number of halogens is 1. The van der Waals surface area contributed by atoms with E-state index in [1.165, 1.54) is 28.2 Å². The summed E-state index contributed by atoms with van der Waals surface area (Å²) in [4.78, 5) is 2.78. The quantitative estimate of drug-likeness (QED) is 0.915. The number of rotatable bonds is 5. The Hall–Kier alpha value is -0.840. The molecule has 0 aromatic carbocycles. The van der Waals surface area contributed by atoms with Crippen molar-refractivity contribution in [2.45, 2.75) is 45.8 Å². The third-order valence-corrected chi connectivity index (χ3v) is 4.90. The molecule has 3 rings (SSSR count). The van der Waals surface area contributed by atoms with Crippen LogP contribution >= 0.6 is 22.9 Å². The fourth-order valence-corrected chi connectivity index (χ4v) is 3.27. The van der Waals surface area contributed by atoms with Gasteiger partial charge in [-0.3, -0.25) is 4.68 Å². The van der Waals surface area contributed by atoms with E-state index in [0.717, 1.165) is 29.8 Å². The smallest absolute Gasteiger partial charge is 0.0815 e. The van der Waals surface area contributed by atoms with E-state index < -0.39 is 0 Å². The third kappa shape index (κ3) is 3.19. The first-order valence-electron chi connectivity index (χ1n) is 6.63. The van der Waals surface area contributed by atoms with E-state index in [9.17, 15) is 0 Å². The Bertz CT molecular complexity index is 564. The SMILES string of the molecule is Cc1nn(Cc2cc(CNC3CC3)sc2C)cc1Cl. The van der Waals surface area contributed by atoms with Gasteiger partial charge in [0, 0.05) is 28.5 Å². The van der Waals surface area contributed by atoms with E-state index in [0.29, 0.717) is 0 Å². The molecule has 1 aliphatic carbocycles. The molecule has 0 aliphatic heterocycles. The van der Waals surface area contributed by atoms with E-state index in [4.69, 9.17) is 11.6 Å². The van der Waals surface area contributed by atoms with Crippen molar-refractivity contribution in [2.24, 2.45) is 0 Å². The summed E-state index contributed by atoms with van der Waals surface area (Å²) in [6, 6.07) is 3.05. The molecule has 3 nitrogen and oxygen atoms in total. The van der Waals surface area contributed by atoms with Crippen LogP contribution in [0.3, 0.4) is 0 Å². The molecule has 0 radical (unpaired) electrons. The third-order valence-electron chi connectivity index (χ3n) is 3.43. The largest absolute Gasteiger partial charge is 0.309 e. The van der Waals surface area contributed by atoms with Crippen molar-refractivity contribution >= 4 is 22.9 Å². The zero-order chi connectivity index (χ0) is 13.4. The standard InChI is InChI=1S/C14H18ClN3S/c1-9-14(15)8-18(17-9)7-11-5-13(19-10(11)2)6-16-12-3-4-12/h5,8,12,16H,3-4,6-7H2,1-2H3. The molecule has 5 heteroatoms. The van der Waals surface area contributed by atoms with Crippen LogP contribution in [-0.4, -0.2) is 15.8 Å². The number of hydrogen-bond donors (Lipinski definition) is 1. The Morgan fingerprint density at radius 3 is 2.89 bits per heavy atom. The number of nitrogens with one attached hydrogen (secondary N) is 1. The highest BCUT2D eigenvalue weighted by Crippen LogP contribution is 2.25. The summed E-state index contributed by atoms with van der Waals surface area (Å²) >= 11 is 7.92. The van der Waals surface area contributed by atoms with Gasteiger partial charge in [0.2, 0.25) is 0 Å². The second-order valence-corrected chi connectivity index (χ2v) is 6.96. The number of nitrogens with zero attached hydrogens (tertiary/aromatic N) is 2. The van der Waals surface area contributed by atoms with Gasteiger partial charge in [0.05, 0.1) is 17.3 Å². The summed E-state index contributed by atoms with van der Waals surface area (Å²) in [5, 5.41) is 8.71. The van der Waals surface area contributed by atoms with Crippen LogP contribution in [0.15, 0.2) is 12.3 Å². The molecule has 19 heavy (non-hydrogen) atoms. The van der Waals surface area contributed by atoms with Crippen LogP contribution in [-0.2, 0) is 13.1 Å². The summed E-state index contributed by atoms with van der Waals surface area (Å²) in [5.41, 5.74) is 2.24. The lowest BCUT2D eigenvalue weighted by atomic mass is 10.2. The lowest BCUT2D eigenvalue weighted by Gasteiger charge is -2.00. The first-order valence-corrected chi connectivity index (χ1v) is 7.82. The highest BCUT2D eigenvalue weighted by molar-refractivity contribution is 7.12. The monoisotopic (exact) mass is 295 g/mol. The number of aromatic nitrogens is 2. The highest BCUT2D eigenvalue weighted by atomic mass is 35.5. The minimum atomic E-state index is 0.739. The lowest BCUT2D eigenvalue weighted by molar-refractivity contribution is 0.675. The highest BCUT2D eigenvalue weighted by Gasteiger charge is 2.20. The molecule has 1 N–H and O–H groups in total. The molecule has 1 fully saturated rings. The predicted molar refractivity (Wildman–Crippen MR) is 80.0 cm³/mol. The van der Waals surface area contributed by atoms with Crippen LogP contribution in [0.25, 0.3) is 0 Å². The number of hydrogen-bond acceptors (Lipinski definition) is 3. The van der Waals surface area contributed by atoms with Crippen molar-refractivity contribution in [1.29, 1.82) is 0 Å². The van der Waals surface area contributed by atoms with Crippen LogP contribution in [0.4, 0.5) is 0 Å². The molecule has 0 unspecified atom stereocenters. The van der Waals surface area contributed by atoms with Crippen molar-refractivity contribution in [1.82, 2.24) is 15.1 Å². The van der Waals surface area contributed by atoms with Crippen molar-refractivity contribution in [3.8, 4) is 0 Å². The van der Waals surface area contributed by atoms with Gasteiger partial charge in [-0.25, -0.2) is 0 Å². The number of thiophene rings is 1. The molecule has 102 valence electrons. The van der Waals surface area contributed by atoms with Crippen molar-refractivity contribution < 1.29 is 0 Å². The fraction of sp³-hybridized carbons (Fsp3) is 0.500. The first-order chi connectivity index (χ1) is 9.11. The van der Waals surface area contributed by atoms with Gasteiger partial charge in [-0.1, -0.05) is 11.6 Å². The van der Waals surface area contributed by atoms with Crippen LogP contribution in [0.5, 0.6) is 0 Å². The van der Waals surface area contributed by atoms with Gasteiger partial charge >= 0.3 is 0 Å². The van der Waals surface area contributed by atoms with Crippen molar-refractivity contribution in [3.63, 3.8) is 0 Å². The van der Waals surface area contributed by atoms with E-state index >= 15 is 0 Å². The molecule has 2 heterocycles. The average molecular weight is 296 g/mol. The van der Waals surface area contributed by atoms with E-state index in [2.05, 4.69) is 23.4 Å². The fourth-order valence-electron chi connectivity index (χ4n) is 2.11. The second-order valence-electron chi connectivity index (χ2n) is 5.21. The minimum Gasteiger partial charge on any atom is -0.309 e. The predicted octanol–water partition coefficient (Wildman–Crippen LogP) is 3.52. The Morgan fingerprint density at radius 2 is 2.26 bits per heavy atom. The molecule has 0 atom stereocenters. The minimum absolute atomic E-state index is 0.739. The second kappa shape index (κ2) is 5.27. The van der Waals surface area contributed by atoms with Crippen LogP contribution in [0, 0.1) is 13.8 Å². The summed E-state index contributed by atoms with van der Waals surface area (Å²) in [7, 11) is 0. The van der Waals surface area contributed by atoms with Gasteiger partial charge in [-0.15, -0.1) is 11.3 Å².